The van der Waals surface area contributed by atoms with Crippen molar-refractivity contribution in [2.45, 2.75) is 45.6 Å². The summed E-state index contributed by atoms with van der Waals surface area (Å²) in [4.78, 5) is 0. The molecule has 0 heterocycles. The Morgan fingerprint density at radius 2 is 1.56 bits per heavy atom. The first-order valence-corrected chi connectivity index (χ1v) is 8.88. The average Bonchev–Trinajstić information content (AvgIpc) is 2.42. The van der Waals surface area contributed by atoms with Crippen LogP contribution in [0.1, 0.15) is 51.2 Å². The largest absolute Gasteiger partial charge is 0.383 e. The Kier molecular flexibility index (Phi) is 8.19. The highest BCUT2D eigenvalue weighted by Gasteiger charge is 2.22. The van der Waals surface area contributed by atoms with Gasteiger partial charge in [0.25, 0.3) is 0 Å². The van der Waals surface area contributed by atoms with E-state index in [0.717, 1.165) is 11.3 Å². The maximum absolute atomic E-state index is 10.3. The summed E-state index contributed by atoms with van der Waals surface area (Å²) in [5.41, 5.74) is 1.07. The Balaban J connectivity index is 2.47. The fraction of sp³-hybridized carbons (Fsp3) is 0.625. The molecule has 1 unspecified atom stereocenters. The minimum Gasteiger partial charge on any atom is -0.383 e. The fourth-order valence-electron chi connectivity index (χ4n) is 1.96. The molecule has 0 spiro atoms. The maximum atomic E-state index is 10.3. The molecule has 0 amide bonds. The number of benzene rings is 1. The second-order valence-electron chi connectivity index (χ2n) is 4.82. The van der Waals surface area contributed by atoms with E-state index in [2.05, 4.69) is 13.8 Å². The molecule has 1 N–H and O–H groups in total. The summed E-state index contributed by atoms with van der Waals surface area (Å²) in [6.07, 6.45) is 4.85. The molecular weight excluding hydrogens is 240 g/mol. The van der Waals surface area contributed by atoms with Crippen LogP contribution in [0, 0.1) is 0 Å². The number of aliphatic hydroxyl groups is 1. The van der Waals surface area contributed by atoms with Gasteiger partial charge in [-0.3, -0.25) is 0 Å². The van der Waals surface area contributed by atoms with E-state index in [4.69, 9.17) is 0 Å². The predicted molar refractivity (Wildman–Crippen MR) is 83.2 cm³/mol. The van der Waals surface area contributed by atoms with Gasteiger partial charge in [0.1, 0.15) is 23.4 Å². The molecule has 0 fully saturated rings. The Hall–Kier alpha value is -0.470. The lowest BCUT2D eigenvalue weighted by Crippen LogP contribution is -2.21. The van der Waals surface area contributed by atoms with Gasteiger partial charge >= 0.3 is 0 Å². The summed E-state index contributed by atoms with van der Waals surface area (Å²) in [7, 11) is 0.395. The van der Waals surface area contributed by atoms with Crippen LogP contribution < -0.4 is 0 Å². The van der Waals surface area contributed by atoms with Gasteiger partial charge in [-0.05, 0) is 29.3 Å². The second-order valence-corrected chi connectivity index (χ2v) is 7.20. The Bertz CT molecular complexity index is 291. The Labute approximate surface area is 115 Å². The highest BCUT2D eigenvalue weighted by atomic mass is 32.2. The first-order chi connectivity index (χ1) is 8.77. The summed E-state index contributed by atoms with van der Waals surface area (Å²) in [6.45, 7) is 4.49. The topological polar surface area (TPSA) is 20.2 Å². The van der Waals surface area contributed by atoms with Crippen molar-refractivity contribution in [2.24, 2.45) is 0 Å². The Morgan fingerprint density at radius 1 is 1.00 bits per heavy atom. The SMILES string of the molecule is CCCC[S+](CCCC)CC(O)c1ccccc1. The van der Waals surface area contributed by atoms with Crippen LogP contribution in [0.5, 0.6) is 0 Å². The van der Waals surface area contributed by atoms with E-state index in [1.807, 2.05) is 30.3 Å². The normalized spacial score (nSPS) is 12.9. The van der Waals surface area contributed by atoms with Crippen molar-refractivity contribution in [2.75, 3.05) is 17.3 Å². The maximum Gasteiger partial charge on any atom is 0.138 e. The third-order valence-electron chi connectivity index (χ3n) is 3.15. The molecule has 0 radical (unpaired) electrons. The fourth-order valence-corrected chi connectivity index (χ4v) is 4.53. The van der Waals surface area contributed by atoms with E-state index in [1.54, 1.807) is 0 Å². The lowest BCUT2D eigenvalue weighted by atomic mass is 10.1. The van der Waals surface area contributed by atoms with Crippen LogP contribution in [0.15, 0.2) is 30.3 Å². The summed E-state index contributed by atoms with van der Waals surface area (Å²) in [5, 5.41) is 10.3. The zero-order valence-corrected chi connectivity index (χ0v) is 12.6. The molecule has 0 bridgehead atoms. The first-order valence-electron chi connectivity index (χ1n) is 7.15. The van der Waals surface area contributed by atoms with Crippen molar-refractivity contribution in [3.63, 3.8) is 0 Å². The van der Waals surface area contributed by atoms with Crippen molar-refractivity contribution < 1.29 is 5.11 Å². The molecule has 0 saturated carbocycles. The van der Waals surface area contributed by atoms with Gasteiger partial charge in [-0.1, -0.05) is 57.0 Å². The van der Waals surface area contributed by atoms with Gasteiger partial charge < -0.3 is 5.11 Å². The highest BCUT2D eigenvalue weighted by molar-refractivity contribution is 7.96. The van der Waals surface area contributed by atoms with Gasteiger partial charge in [-0.25, -0.2) is 0 Å². The van der Waals surface area contributed by atoms with E-state index >= 15 is 0 Å². The standard InChI is InChI=1S/C16H27OS/c1-3-5-12-18(13-6-4-2)14-16(17)15-10-8-7-9-11-15/h7-11,16-17H,3-6,12-14H2,1-2H3/q+1. The smallest absolute Gasteiger partial charge is 0.138 e. The third-order valence-corrected chi connectivity index (χ3v) is 5.67. The van der Waals surface area contributed by atoms with Crippen molar-refractivity contribution in [1.82, 2.24) is 0 Å². The van der Waals surface area contributed by atoms with Crippen molar-refractivity contribution in [1.29, 1.82) is 0 Å². The van der Waals surface area contributed by atoms with Gasteiger partial charge in [0.2, 0.25) is 0 Å². The molecule has 1 aromatic carbocycles. The third kappa shape index (κ3) is 5.92. The Morgan fingerprint density at radius 3 is 2.06 bits per heavy atom. The van der Waals surface area contributed by atoms with Gasteiger partial charge in [-0.15, -0.1) is 0 Å². The molecule has 1 atom stereocenters. The minimum absolute atomic E-state index is 0.275. The number of hydrogen-bond acceptors (Lipinski definition) is 1. The van der Waals surface area contributed by atoms with Crippen LogP contribution >= 0.6 is 0 Å². The second kappa shape index (κ2) is 9.46. The molecule has 1 aromatic rings. The zero-order valence-electron chi connectivity index (χ0n) is 11.8. The molecule has 1 rings (SSSR count). The molecule has 18 heavy (non-hydrogen) atoms. The van der Waals surface area contributed by atoms with Gasteiger partial charge in [0.15, 0.2) is 0 Å². The van der Waals surface area contributed by atoms with Crippen molar-refractivity contribution in [3.8, 4) is 0 Å². The van der Waals surface area contributed by atoms with Crippen LogP contribution in [0.2, 0.25) is 0 Å². The summed E-state index contributed by atoms with van der Waals surface area (Å²) >= 11 is 0. The number of hydrogen-bond donors (Lipinski definition) is 1. The molecule has 1 nitrogen and oxygen atoms in total. The first kappa shape index (κ1) is 15.6. The molecule has 0 aliphatic heterocycles. The summed E-state index contributed by atoms with van der Waals surface area (Å²) in [6, 6.07) is 10.1. The van der Waals surface area contributed by atoms with Crippen LogP contribution in [0.3, 0.4) is 0 Å². The van der Waals surface area contributed by atoms with Crippen molar-refractivity contribution >= 4 is 10.9 Å². The molecule has 2 heteroatoms. The van der Waals surface area contributed by atoms with Crippen LogP contribution in [-0.2, 0) is 10.9 Å². The highest BCUT2D eigenvalue weighted by Crippen LogP contribution is 2.17. The van der Waals surface area contributed by atoms with E-state index in [0.29, 0.717) is 10.9 Å². The van der Waals surface area contributed by atoms with E-state index in [-0.39, 0.29) is 6.10 Å². The number of aliphatic hydroxyl groups excluding tert-OH is 1. The number of unbranched alkanes of at least 4 members (excludes halogenated alkanes) is 2. The molecular formula is C16H27OS+. The lowest BCUT2D eigenvalue weighted by Gasteiger charge is -2.13. The van der Waals surface area contributed by atoms with Gasteiger partial charge in [0.05, 0.1) is 0 Å². The monoisotopic (exact) mass is 267 g/mol. The number of rotatable bonds is 9. The molecule has 102 valence electrons. The van der Waals surface area contributed by atoms with Gasteiger partial charge in [0, 0.05) is 0 Å². The predicted octanol–water partition coefficient (Wildman–Crippen LogP) is 3.94. The lowest BCUT2D eigenvalue weighted by molar-refractivity contribution is 0.203. The molecule has 0 aliphatic rings. The minimum atomic E-state index is -0.275. The molecule has 0 aliphatic carbocycles. The quantitative estimate of drug-likeness (QED) is 0.672. The van der Waals surface area contributed by atoms with Crippen LogP contribution in [-0.4, -0.2) is 22.4 Å². The van der Waals surface area contributed by atoms with Gasteiger partial charge in [-0.2, -0.15) is 0 Å². The molecule has 0 saturated heterocycles. The van der Waals surface area contributed by atoms with E-state index < -0.39 is 0 Å². The van der Waals surface area contributed by atoms with Crippen LogP contribution in [0.4, 0.5) is 0 Å². The van der Waals surface area contributed by atoms with Crippen molar-refractivity contribution in [3.05, 3.63) is 35.9 Å². The van der Waals surface area contributed by atoms with E-state index in [1.165, 1.54) is 37.2 Å². The zero-order chi connectivity index (χ0) is 13.2. The van der Waals surface area contributed by atoms with Crippen LogP contribution in [0.25, 0.3) is 0 Å². The average molecular weight is 267 g/mol. The summed E-state index contributed by atoms with van der Waals surface area (Å²) in [5.74, 6) is 3.53. The van der Waals surface area contributed by atoms with E-state index in [9.17, 15) is 5.11 Å². The summed E-state index contributed by atoms with van der Waals surface area (Å²) < 4.78 is 0. The molecule has 0 aromatic heterocycles.